The fraction of sp³-hybridized carbons (Fsp3) is 0.292. The first-order valence-electron chi connectivity index (χ1n) is 10.3. The van der Waals surface area contributed by atoms with Crippen LogP contribution in [0, 0.1) is 0 Å². The van der Waals surface area contributed by atoms with Crippen molar-refractivity contribution in [2.24, 2.45) is 0 Å². The molecule has 0 heterocycles. The number of benzene rings is 2. The molecule has 31 heavy (non-hydrogen) atoms. The summed E-state index contributed by atoms with van der Waals surface area (Å²) in [5, 5.41) is 14.0. The zero-order valence-electron chi connectivity index (χ0n) is 17.3. The Bertz CT molecular complexity index is 940. The summed E-state index contributed by atoms with van der Waals surface area (Å²) >= 11 is 0. The van der Waals surface area contributed by atoms with Gasteiger partial charge in [0.25, 0.3) is 0 Å². The number of aliphatic carboxylic acids is 1. The molecule has 3 rings (SSSR count). The molecule has 0 bridgehead atoms. The van der Waals surface area contributed by atoms with Crippen molar-refractivity contribution in [1.29, 1.82) is 0 Å². The highest BCUT2D eigenvalue weighted by atomic mass is 16.5. The van der Waals surface area contributed by atoms with Crippen LogP contribution in [0.3, 0.4) is 0 Å². The summed E-state index contributed by atoms with van der Waals surface area (Å²) in [6, 6.07) is 15.3. The van der Waals surface area contributed by atoms with Crippen molar-refractivity contribution in [3.05, 3.63) is 71.8 Å². The van der Waals surface area contributed by atoms with Crippen LogP contribution >= 0.6 is 0 Å². The Kier molecular flexibility index (Phi) is 7.43. The van der Waals surface area contributed by atoms with Gasteiger partial charge in [-0.1, -0.05) is 68.0 Å². The maximum Gasteiger partial charge on any atom is 0.407 e. The smallest absolute Gasteiger partial charge is 0.407 e. The number of nitrogens with one attached hydrogen (secondary N) is 2. The van der Waals surface area contributed by atoms with Crippen LogP contribution in [0.25, 0.3) is 11.1 Å². The van der Waals surface area contributed by atoms with E-state index in [4.69, 9.17) is 9.84 Å². The molecule has 0 aliphatic heterocycles. The van der Waals surface area contributed by atoms with E-state index >= 15 is 0 Å². The third-order valence-corrected chi connectivity index (χ3v) is 5.17. The Morgan fingerprint density at radius 1 is 1.06 bits per heavy atom. The molecule has 0 saturated carbocycles. The van der Waals surface area contributed by atoms with Crippen LogP contribution in [0.4, 0.5) is 4.79 Å². The zero-order chi connectivity index (χ0) is 22.2. The summed E-state index contributed by atoms with van der Waals surface area (Å²) in [4.78, 5) is 34.9. The number of carbonyl (C=O) groups is 3. The Labute approximate surface area is 181 Å². The molecule has 162 valence electrons. The molecule has 1 atom stereocenters. The first kappa shape index (κ1) is 22.1. The van der Waals surface area contributed by atoms with Crippen molar-refractivity contribution in [3.8, 4) is 11.1 Å². The van der Waals surface area contributed by atoms with Crippen molar-refractivity contribution >= 4 is 18.0 Å². The van der Waals surface area contributed by atoms with E-state index in [9.17, 15) is 14.4 Å². The van der Waals surface area contributed by atoms with Gasteiger partial charge in [0, 0.05) is 18.5 Å². The molecule has 0 unspecified atom stereocenters. The minimum absolute atomic E-state index is 0.0222. The molecule has 0 aromatic heterocycles. The van der Waals surface area contributed by atoms with Gasteiger partial charge in [-0.25, -0.2) is 9.59 Å². The Morgan fingerprint density at radius 3 is 2.26 bits per heavy atom. The minimum Gasteiger partial charge on any atom is -0.480 e. The van der Waals surface area contributed by atoms with Gasteiger partial charge in [0.05, 0.1) is 0 Å². The zero-order valence-corrected chi connectivity index (χ0v) is 17.3. The number of alkyl carbamates (subject to hydrolysis) is 1. The van der Waals surface area contributed by atoms with Gasteiger partial charge in [-0.15, -0.1) is 0 Å². The normalized spacial score (nSPS) is 13.3. The molecule has 1 aliphatic rings. The third-order valence-electron chi connectivity index (χ3n) is 5.17. The number of amides is 2. The maximum atomic E-state index is 12.1. The lowest BCUT2D eigenvalue weighted by molar-refractivity contribution is -0.141. The lowest BCUT2D eigenvalue weighted by Crippen LogP contribution is -2.39. The average molecular weight is 422 g/mol. The molecule has 2 aromatic rings. The Morgan fingerprint density at radius 2 is 1.68 bits per heavy atom. The van der Waals surface area contributed by atoms with Crippen LogP contribution < -0.4 is 10.6 Å². The maximum absolute atomic E-state index is 12.1. The van der Waals surface area contributed by atoms with Crippen molar-refractivity contribution in [3.63, 3.8) is 0 Å². The van der Waals surface area contributed by atoms with Gasteiger partial charge in [-0.05, 0) is 28.7 Å². The molecule has 7 nitrogen and oxygen atoms in total. The summed E-state index contributed by atoms with van der Waals surface area (Å²) in [5.74, 6) is -1.61. The molecular formula is C24H26N2O5. The van der Waals surface area contributed by atoms with Crippen LogP contribution in [0.5, 0.6) is 0 Å². The van der Waals surface area contributed by atoms with Crippen LogP contribution in [-0.4, -0.2) is 42.3 Å². The van der Waals surface area contributed by atoms with E-state index in [1.54, 1.807) is 0 Å². The molecular weight excluding hydrogens is 396 g/mol. The van der Waals surface area contributed by atoms with Gasteiger partial charge in [0.2, 0.25) is 5.91 Å². The fourth-order valence-corrected chi connectivity index (χ4v) is 3.72. The first-order valence-corrected chi connectivity index (χ1v) is 10.3. The van der Waals surface area contributed by atoms with Crippen molar-refractivity contribution in [1.82, 2.24) is 10.6 Å². The average Bonchev–Trinajstić information content (AvgIpc) is 3.09. The van der Waals surface area contributed by atoms with Crippen LogP contribution in [0.15, 0.2) is 60.7 Å². The lowest BCUT2D eigenvalue weighted by Gasteiger charge is -2.14. The Balaban J connectivity index is 1.47. The van der Waals surface area contributed by atoms with E-state index in [1.807, 2.05) is 43.3 Å². The molecule has 0 fully saturated rings. The molecule has 2 amide bonds. The second-order valence-electron chi connectivity index (χ2n) is 7.30. The molecule has 0 radical (unpaired) electrons. The summed E-state index contributed by atoms with van der Waals surface area (Å²) in [6.07, 6.45) is 3.06. The highest BCUT2D eigenvalue weighted by molar-refractivity contribution is 5.91. The molecule has 3 N–H and O–H groups in total. The lowest BCUT2D eigenvalue weighted by atomic mass is 9.98. The topological polar surface area (TPSA) is 105 Å². The number of carboxylic acids is 1. The molecule has 0 saturated heterocycles. The summed E-state index contributed by atoms with van der Waals surface area (Å²) in [5.41, 5.74) is 4.58. The van der Waals surface area contributed by atoms with Gasteiger partial charge in [0.15, 0.2) is 0 Å². The monoisotopic (exact) mass is 422 g/mol. The van der Waals surface area contributed by atoms with E-state index in [2.05, 4.69) is 22.8 Å². The second kappa shape index (κ2) is 10.4. The highest BCUT2D eigenvalue weighted by Gasteiger charge is 2.28. The van der Waals surface area contributed by atoms with Gasteiger partial charge >= 0.3 is 12.1 Å². The van der Waals surface area contributed by atoms with Crippen LogP contribution in [-0.2, 0) is 14.3 Å². The number of carbonyl (C=O) groups excluding carboxylic acids is 2. The van der Waals surface area contributed by atoms with E-state index in [-0.39, 0.29) is 19.1 Å². The summed E-state index contributed by atoms with van der Waals surface area (Å²) in [6.45, 7) is 2.15. The van der Waals surface area contributed by atoms with Gasteiger partial charge in [-0.3, -0.25) is 4.79 Å². The number of carboxylic acid groups (broad SMARTS) is 1. The van der Waals surface area contributed by atoms with E-state index < -0.39 is 24.0 Å². The van der Waals surface area contributed by atoms with Gasteiger partial charge in [-0.2, -0.15) is 0 Å². The highest BCUT2D eigenvalue weighted by Crippen LogP contribution is 2.44. The van der Waals surface area contributed by atoms with E-state index in [0.717, 1.165) is 22.3 Å². The van der Waals surface area contributed by atoms with E-state index in [1.165, 1.54) is 12.2 Å². The molecule has 0 spiro atoms. The third kappa shape index (κ3) is 5.51. The quantitative estimate of drug-likeness (QED) is 0.537. The Hall–Kier alpha value is -3.61. The molecule has 1 aliphatic carbocycles. The number of ether oxygens (including phenoxy) is 1. The van der Waals surface area contributed by atoms with Gasteiger partial charge < -0.3 is 20.5 Å². The number of hydrogen-bond acceptors (Lipinski definition) is 4. The molecule has 2 aromatic carbocycles. The summed E-state index contributed by atoms with van der Waals surface area (Å²) < 4.78 is 5.41. The van der Waals surface area contributed by atoms with Crippen molar-refractivity contribution in [2.75, 3.05) is 13.2 Å². The SMILES string of the molecule is CCC[C@H](NC(=O)/C=C/CNC(=O)OCC1c2ccccc2-c2ccccc21)C(=O)O. The van der Waals surface area contributed by atoms with E-state index in [0.29, 0.717) is 12.8 Å². The molecule has 7 heteroatoms. The number of hydrogen-bond donors (Lipinski definition) is 3. The number of rotatable bonds is 9. The minimum atomic E-state index is -1.07. The standard InChI is InChI=1S/C24H26N2O5/c1-2-8-21(23(28)29)26-22(27)13-7-14-25-24(30)31-15-20-18-11-5-3-9-16(18)17-10-4-6-12-19(17)20/h3-7,9-13,20-21H,2,8,14-15H2,1H3,(H,25,30)(H,26,27)(H,28,29)/b13-7+/t21-/m0/s1. The van der Waals surface area contributed by atoms with Crippen molar-refractivity contribution < 1.29 is 24.2 Å². The summed E-state index contributed by atoms with van der Waals surface area (Å²) in [7, 11) is 0. The predicted molar refractivity (Wildman–Crippen MR) is 117 cm³/mol. The number of fused-ring (bicyclic) bond motifs is 3. The van der Waals surface area contributed by atoms with Crippen molar-refractivity contribution in [2.45, 2.75) is 31.7 Å². The predicted octanol–water partition coefficient (Wildman–Crippen LogP) is 3.45. The van der Waals surface area contributed by atoms with Crippen LogP contribution in [0.1, 0.15) is 36.8 Å². The van der Waals surface area contributed by atoms with Gasteiger partial charge in [0.1, 0.15) is 12.6 Å². The van der Waals surface area contributed by atoms with Crippen LogP contribution in [0.2, 0.25) is 0 Å². The first-order chi connectivity index (χ1) is 15.0. The largest absolute Gasteiger partial charge is 0.480 e. The second-order valence-corrected chi connectivity index (χ2v) is 7.30. The fourth-order valence-electron chi connectivity index (χ4n) is 3.72.